The lowest BCUT2D eigenvalue weighted by atomic mass is 10.2. The Hall–Kier alpha value is -2.79. The predicted octanol–water partition coefficient (Wildman–Crippen LogP) is 3.84. The van der Waals surface area contributed by atoms with Crippen LogP contribution in [0.2, 0.25) is 0 Å². The van der Waals surface area contributed by atoms with Gasteiger partial charge in [-0.1, -0.05) is 24.3 Å². The van der Waals surface area contributed by atoms with E-state index in [0.29, 0.717) is 6.61 Å². The van der Waals surface area contributed by atoms with Crippen LogP contribution in [0.15, 0.2) is 54.6 Å². The molecule has 3 rings (SSSR count). The summed E-state index contributed by atoms with van der Waals surface area (Å²) in [4.78, 5) is 17.0. The van der Waals surface area contributed by atoms with Gasteiger partial charge < -0.3 is 14.4 Å². The lowest BCUT2D eigenvalue weighted by Crippen LogP contribution is -2.34. The fourth-order valence-electron chi connectivity index (χ4n) is 3.45. The summed E-state index contributed by atoms with van der Waals surface area (Å²) >= 11 is 0. The predicted molar refractivity (Wildman–Crippen MR) is 116 cm³/mol. The number of rotatable bonds is 7. The fourth-order valence-corrected chi connectivity index (χ4v) is 3.45. The van der Waals surface area contributed by atoms with Crippen molar-refractivity contribution in [3.05, 3.63) is 65.7 Å². The summed E-state index contributed by atoms with van der Waals surface area (Å²) in [7, 11) is 1.68. The number of hydrogen-bond acceptors (Lipinski definition) is 4. The topological polar surface area (TPSA) is 42.0 Å². The van der Waals surface area contributed by atoms with Crippen molar-refractivity contribution in [2.24, 2.45) is 0 Å². The van der Waals surface area contributed by atoms with Crippen LogP contribution in [0.25, 0.3) is 6.08 Å². The molecule has 154 valence electrons. The Morgan fingerprint density at radius 1 is 0.966 bits per heavy atom. The first-order valence-corrected chi connectivity index (χ1v) is 10.2. The van der Waals surface area contributed by atoms with Crippen LogP contribution in [-0.2, 0) is 11.3 Å². The summed E-state index contributed by atoms with van der Waals surface area (Å²) in [6.07, 6.45) is 4.53. The Labute approximate surface area is 173 Å². The average molecular weight is 395 g/mol. The maximum Gasteiger partial charge on any atom is 0.246 e. The highest BCUT2D eigenvalue weighted by molar-refractivity contribution is 5.91. The molecule has 1 aliphatic heterocycles. The van der Waals surface area contributed by atoms with E-state index in [1.54, 1.807) is 13.2 Å². The number of ether oxygens (including phenoxy) is 2. The van der Waals surface area contributed by atoms with Crippen LogP contribution in [0.5, 0.6) is 11.5 Å². The number of amides is 1. The minimum atomic E-state index is 0.0742. The van der Waals surface area contributed by atoms with E-state index in [9.17, 15) is 4.79 Å². The SMILES string of the molecule is CCOc1ccc(/C=C/C(=O)N2CCCN(Cc3ccc(OC)cc3)CC2)cc1. The van der Waals surface area contributed by atoms with Gasteiger partial charge in [-0.3, -0.25) is 9.69 Å². The van der Waals surface area contributed by atoms with E-state index >= 15 is 0 Å². The van der Waals surface area contributed by atoms with Gasteiger partial charge in [-0.15, -0.1) is 0 Å². The summed E-state index contributed by atoms with van der Waals surface area (Å²) in [5.41, 5.74) is 2.26. The molecule has 5 heteroatoms. The molecule has 0 spiro atoms. The maximum atomic E-state index is 12.6. The number of hydrogen-bond donors (Lipinski definition) is 0. The van der Waals surface area contributed by atoms with Gasteiger partial charge in [0.25, 0.3) is 0 Å². The molecule has 0 radical (unpaired) electrons. The Morgan fingerprint density at radius 3 is 2.38 bits per heavy atom. The first-order chi connectivity index (χ1) is 14.2. The van der Waals surface area contributed by atoms with Crippen molar-refractivity contribution in [1.29, 1.82) is 0 Å². The minimum absolute atomic E-state index is 0.0742. The molecule has 1 saturated heterocycles. The fraction of sp³-hybridized carbons (Fsp3) is 0.375. The first kappa shape index (κ1) is 20.9. The molecule has 0 atom stereocenters. The van der Waals surface area contributed by atoms with E-state index in [1.807, 2.05) is 54.3 Å². The standard InChI is InChI=1S/C24H30N2O3/c1-3-29-23-12-5-20(6-13-23)9-14-24(27)26-16-4-15-25(17-18-26)19-21-7-10-22(28-2)11-8-21/h5-14H,3-4,15-19H2,1-2H3/b14-9+. The van der Waals surface area contributed by atoms with E-state index in [-0.39, 0.29) is 5.91 Å². The normalized spacial score (nSPS) is 15.3. The molecule has 1 fully saturated rings. The first-order valence-electron chi connectivity index (χ1n) is 10.2. The molecule has 2 aromatic rings. The lowest BCUT2D eigenvalue weighted by molar-refractivity contribution is -0.125. The van der Waals surface area contributed by atoms with Crippen molar-refractivity contribution in [2.45, 2.75) is 19.9 Å². The quantitative estimate of drug-likeness (QED) is 0.669. The summed E-state index contributed by atoms with van der Waals surface area (Å²) in [6, 6.07) is 16.0. The summed E-state index contributed by atoms with van der Waals surface area (Å²) in [5, 5.41) is 0. The van der Waals surface area contributed by atoms with Crippen molar-refractivity contribution >= 4 is 12.0 Å². The van der Waals surface area contributed by atoms with Gasteiger partial charge in [0, 0.05) is 38.8 Å². The lowest BCUT2D eigenvalue weighted by Gasteiger charge is -2.21. The molecule has 0 N–H and O–H groups in total. The van der Waals surface area contributed by atoms with Crippen LogP contribution in [0.3, 0.4) is 0 Å². The zero-order valence-corrected chi connectivity index (χ0v) is 17.3. The molecule has 5 nitrogen and oxygen atoms in total. The number of carbonyl (C=O) groups excluding carboxylic acids is 1. The van der Waals surface area contributed by atoms with Gasteiger partial charge in [0.05, 0.1) is 13.7 Å². The highest BCUT2D eigenvalue weighted by Crippen LogP contribution is 2.15. The highest BCUT2D eigenvalue weighted by Gasteiger charge is 2.17. The number of carbonyl (C=O) groups is 1. The monoisotopic (exact) mass is 394 g/mol. The molecular formula is C24H30N2O3. The third-order valence-corrected chi connectivity index (χ3v) is 5.07. The van der Waals surface area contributed by atoms with Crippen LogP contribution < -0.4 is 9.47 Å². The van der Waals surface area contributed by atoms with Crippen molar-refractivity contribution in [2.75, 3.05) is 39.9 Å². The largest absolute Gasteiger partial charge is 0.497 e. The van der Waals surface area contributed by atoms with Crippen LogP contribution in [0, 0.1) is 0 Å². The molecule has 0 aliphatic carbocycles. The third kappa shape index (κ3) is 6.36. The number of nitrogens with zero attached hydrogens (tertiary/aromatic N) is 2. The second kappa shape index (κ2) is 10.7. The molecule has 0 unspecified atom stereocenters. The van der Waals surface area contributed by atoms with E-state index in [1.165, 1.54) is 5.56 Å². The van der Waals surface area contributed by atoms with Crippen molar-refractivity contribution in [3.8, 4) is 11.5 Å². The molecule has 1 aliphatic rings. The van der Waals surface area contributed by atoms with E-state index in [4.69, 9.17) is 9.47 Å². The van der Waals surface area contributed by atoms with Gasteiger partial charge in [-0.2, -0.15) is 0 Å². The van der Waals surface area contributed by atoms with Crippen LogP contribution in [0.4, 0.5) is 0 Å². The second-order valence-electron chi connectivity index (χ2n) is 7.14. The second-order valence-corrected chi connectivity index (χ2v) is 7.14. The smallest absolute Gasteiger partial charge is 0.246 e. The Bertz CT molecular complexity index is 800. The highest BCUT2D eigenvalue weighted by atomic mass is 16.5. The molecular weight excluding hydrogens is 364 g/mol. The van der Waals surface area contributed by atoms with Crippen molar-refractivity contribution in [3.63, 3.8) is 0 Å². The Balaban J connectivity index is 1.50. The van der Waals surface area contributed by atoms with E-state index in [0.717, 1.165) is 56.2 Å². The van der Waals surface area contributed by atoms with Crippen molar-refractivity contribution in [1.82, 2.24) is 9.80 Å². The molecule has 1 amide bonds. The van der Waals surface area contributed by atoms with E-state index < -0.39 is 0 Å². The Kier molecular flexibility index (Phi) is 7.70. The zero-order chi connectivity index (χ0) is 20.5. The average Bonchev–Trinajstić information content (AvgIpc) is 2.99. The van der Waals surface area contributed by atoms with Gasteiger partial charge in [0.1, 0.15) is 11.5 Å². The summed E-state index contributed by atoms with van der Waals surface area (Å²) in [6.45, 7) is 6.94. The minimum Gasteiger partial charge on any atom is -0.497 e. The summed E-state index contributed by atoms with van der Waals surface area (Å²) < 4.78 is 10.7. The van der Waals surface area contributed by atoms with Gasteiger partial charge in [0.2, 0.25) is 5.91 Å². The molecule has 0 saturated carbocycles. The number of benzene rings is 2. The van der Waals surface area contributed by atoms with Crippen LogP contribution >= 0.6 is 0 Å². The number of methoxy groups -OCH3 is 1. The molecule has 29 heavy (non-hydrogen) atoms. The van der Waals surface area contributed by atoms with Crippen molar-refractivity contribution < 1.29 is 14.3 Å². The summed E-state index contributed by atoms with van der Waals surface area (Å²) in [5.74, 6) is 1.80. The van der Waals surface area contributed by atoms with Crippen LogP contribution in [0.1, 0.15) is 24.5 Å². The van der Waals surface area contributed by atoms with Crippen LogP contribution in [-0.4, -0.2) is 55.6 Å². The van der Waals surface area contributed by atoms with Gasteiger partial charge in [-0.25, -0.2) is 0 Å². The van der Waals surface area contributed by atoms with Gasteiger partial charge in [-0.05, 0) is 54.8 Å². The van der Waals surface area contributed by atoms with Gasteiger partial charge >= 0.3 is 0 Å². The third-order valence-electron chi connectivity index (χ3n) is 5.07. The van der Waals surface area contributed by atoms with E-state index in [2.05, 4.69) is 17.0 Å². The molecule has 0 aromatic heterocycles. The maximum absolute atomic E-state index is 12.6. The zero-order valence-electron chi connectivity index (χ0n) is 17.3. The molecule has 0 bridgehead atoms. The Morgan fingerprint density at radius 2 is 1.69 bits per heavy atom. The molecule has 2 aromatic carbocycles. The molecule has 1 heterocycles. The van der Waals surface area contributed by atoms with Gasteiger partial charge in [0.15, 0.2) is 0 Å².